The first kappa shape index (κ1) is 12.2. The number of nitrogens with one attached hydrogen (secondary N) is 1. The van der Waals surface area contributed by atoms with Gasteiger partial charge in [-0.2, -0.15) is 0 Å². The molecule has 0 heterocycles. The van der Waals surface area contributed by atoms with Crippen molar-refractivity contribution in [2.24, 2.45) is 5.73 Å². The first-order valence-corrected chi connectivity index (χ1v) is 4.42. The van der Waals surface area contributed by atoms with E-state index in [1.807, 2.05) is 0 Å². The zero-order valence-electron chi connectivity index (χ0n) is 7.12. The maximum Gasteiger partial charge on any atom is 0.320 e. The van der Waals surface area contributed by atoms with Gasteiger partial charge < -0.3 is 16.2 Å². The molecule has 1 amide bonds. The van der Waals surface area contributed by atoms with Gasteiger partial charge in [0.05, 0.1) is 0 Å². The third-order valence-corrected chi connectivity index (χ3v) is 1.70. The van der Waals surface area contributed by atoms with Crippen LogP contribution in [0.2, 0.25) is 0 Å². The zero-order chi connectivity index (χ0) is 10.3. The molecule has 0 aliphatic rings. The summed E-state index contributed by atoms with van der Waals surface area (Å²) in [5.74, 6) is -1.36. The molecule has 1 atom stereocenters. The molecule has 0 spiro atoms. The molecule has 0 aliphatic heterocycles. The fourth-order valence-electron chi connectivity index (χ4n) is 0.721. The SMILES string of the molecule is NC(CCCNC(=O)CCl)C(=O)O. The average Bonchev–Trinajstić information content (AvgIpc) is 2.11. The Kier molecular flexibility index (Phi) is 6.26. The highest BCUT2D eigenvalue weighted by molar-refractivity contribution is 6.27. The summed E-state index contributed by atoms with van der Waals surface area (Å²) in [6.07, 6.45) is 0.883. The number of hydrogen-bond acceptors (Lipinski definition) is 3. The number of hydrogen-bond donors (Lipinski definition) is 3. The van der Waals surface area contributed by atoms with Crippen molar-refractivity contribution in [3.05, 3.63) is 0 Å². The van der Waals surface area contributed by atoms with Gasteiger partial charge in [-0.25, -0.2) is 0 Å². The maximum absolute atomic E-state index is 10.6. The van der Waals surface area contributed by atoms with Gasteiger partial charge in [-0.15, -0.1) is 11.6 Å². The van der Waals surface area contributed by atoms with E-state index >= 15 is 0 Å². The van der Waals surface area contributed by atoms with Crippen LogP contribution in [0.1, 0.15) is 12.8 Å². The summed E-state index contributed by atoms with van der Waals surface area (Å²) >= 11 is 5.21. The van der Waals surface area contributed by atoms with E-state index in [1.54, 1.807) is 0 Å². The minimum absolute atomic E-state index is 0.0784. The average molecular weight is 209 g/mol. The summed E-state index contributed by atoms with van der Waals surface area (Å²) in [5.41, 5.74) is 5.23. The number of amides is 1. The minimum atomic E-state index is -1.02. The summed E-state index contributed by atoms with van der Waals surface area (Å²) in [5, 5.41) is 10.9. The molecular formula is C7H13ClN2O3. The molecular weight excluding hydrogens is 196 g/mol. The Morgan fingerprint density at radius 2 is 2.15 bits per heavy atom. The second-order valence-electron chi connectivity index (χ2n) is 2.57. The van der Waals surface area contributed by atoms with Crippen molar-refractivity contribution in [1.29, 1.82) is 0 Å². The first-order chi connectivity index (χ1) is 6.07. The zero-order valence-corrected chi connectivity index (χ0v) is 7.88. The highest BCUT2D eigenvalue weighted by atomic mass is 35.5. The Balaban J connectivity index is 3.35. The monoisotopic (exact) mass is 208 g/mol. The summed E-state index contributed by atoms with van der Waals surface area (Å²) in [7, 11) is 0. The van der Waals surface area contributed by atoms with E-state index < -0.39 is 12.0 Å². The van der Waals surface area contributed by atoms with Crippen molar-refractivity contribution in [3.8, 4) is 0 Å². The Morgan fingerprint density at radius 3 is 2.62 bits per heavy atom. The second kappa shape index (κ2) is 6.68. The number of rotatable bonds is 6. The van der Waals surface area contributed by atoms with Crippen LogP contribution >= 0.6 is 11.6 Å². The maximum atomic E-state index is 10.6. The molecule has 0 aliphatic carbocycles. The highest BCUT2D eigenvalue weighted by Gasteiger charge is 2.10. The molecule has 0 aromatic carbocycles. The van der Waals surface area contributed by atoms with Gasteiger partial charge in [0.15, 0.2) is 0 Å². The smallest absolute Gasteiger partial charge is 0.320 e. The van der Waals surface area contributed by atoms with Gasteiger partial charge in [-0.3, -0.25) is 9.59 Å². The summed E-state index contributed by atoms with van der Waals surface area (Å²) in [6, 6.07) is -0.854. The van der Waals surface area contributed by atoms with Gasteiger partial charge in [0.2, 0.25) is 5.91 Å². The van der Waals surface area contributed by atoms with Gasteiger partial charge >= 0.3 is 5.97 Å². The lowest BCUT2D eigenvalue weighted by Gasteiger charge is -2.06. The van der Waals surface area contributed by atoms with E-state index in [0.29, 0.717) is 19.4 Å². The lowest BCUT2D eigenvalue weighted by atomic mass is 10.2. The molecule has 13 heavy (non-hydrogen) atoms. The summed E-state index contributed by atoms with van der Waals surface area (Å²) in [6.45, 7) is 0.409. The van der Waals surface area contributed by atoms with Crippen molar-refractivity contribution < 1.29 is 14.7 Å². The lowest BCUT2D eigenvalue weighted by Crippen LogP contribution is -2.32. The highest BCUT2D eigenvalue weighted by Crippen LogP contribution is 1.92. The quantitative estimate of drug-likeness (QED) is 0.407. The Bertz CT molecular complexity index is 187. The van der Waals surface area contributed by atoms with Crippen molar-refractivity contribution in [1.82, 2.24) is 5.32 Å². The van der Waals surface area contributed by atoms with Crippen LogP contribution in [-0.4, -0.2) is 35.4 Å². The van der Waals surface area contributed by atoms with Gasteiger partial charge in [0.25, 0.3) is 0 Å². The van der Waals surface area contributed by atoms with Crippen LogP contribution in [-0.2, 0) is 9.59 Å². The predicted octanol–water partition coefficient (Wildman–Crippen LogP) is -0.467. The van der Waals surface area contributed by atoms with Crippen LogP contribution in [0, 0.1) is 0 Å². The first-order valence-electron chi connectivity index (χ1n) is 3.89. The van der Waals surface area contributed by atoms with Crippen molar-refractivity contribution in [3.63, 3.8) is 0 Å². The number of carbonyl (C=O) groups is 2. The molecule has 0 aromatic heterocycles. The van der Waals surface area contributed by atoms with Gasteiger partial charge in [0.1, 0.15) is 11.9 Å². The van der Waals surface area contributed by atoms with Crippen molar-refractivity contribution >= 4 is 23.5 Å². The van der Waals surface area contributed by atoms with Crippen LogP contribution in [0.25, 0.3) is 0 Å². The van der Waals surface area contributed by atoms with Crippen molar-refractivity contribution in [2.75, 3.05) is 12.4 Å². The molecule has 1 unspecified atom stereocenters. The normalized spacial score (nSPS) is 12.2. The predicted molar refractivity (Wildman–Crippen MR) is 48.6 cm³/mol. The lowest BCUT2D eigenvalue weighted by molar-refractivity contribution is -0.138. The molecule has 0 saturated heterocycles. The number of alkyl halides is 1. The van der Waals surface area contributed by atoms with E-state index in [4.69, 9.17) is 22.4 Å². The van der Waals surface area contributed by atoms with Gasteiger partial charge in [-0.05, 0) is 12.8 Å². The Hall–Kier alpha value is -0.810. The van der Waals surface area contributed by atoms with Crippen LogP contribution < -0.4 is 11.1 Å². The minimum Gasteiger partial charge on any atom is -0.480 e. The molecule has 0 rings (SSSR count). The van der Waals surface area contributed by atoms with E-state index in [1.165, 1.54) is 0 Å². The molecule has 0 bridgehead atoms. The summed E-state index contributed by atoms with van der Waals surface area (Å²) < 4.78 is 0. The fraction of sp³-hybridized carbons (Fsp3) is 0.714. The third kappa shape index (κ3) is 6.36. The van der Waals surface area contributed by atoms with Crippen LogP contribution in [0.3, 0.4) is 0 Å². The molecule has 0 radical (unpaired) electrons. The molecule has 76 valence electrons. The van der Waals surface area contributed by atoms with E-state index in [0.717, 1.165) is 0 Å². The standard InChI is InChI=1S/C7H13ClN2O3/c8-4-6(11)10-3-1-2-5(9)7(12)13/h5H,1-4,9H2,(H,10,11)(H,12,13). The second-order valence-corrected chi connectivity index (χ2v) is 2.84. The number of carboxylic acids is 1. The summed E-state index contributed by atoms with van der Waals surface area (Å²) in [4.78, 5) is 20.8. The van der Waals surface area contributed by atoms with Gasteiger partial charge in [0, 0.05) is 6.54 Å². The van der Waals surface area contributed by atoms with Crippen LogP contribution in [0.4, 0.5) is 0 Å². The van der Waals surface area contributed by atoms with Gasteiger partial charge in [-0.1, -0.05) is 0 Å². The van der Waals surface area contributed by atoms with E-state index in [-0.39, 0.29) is 11.8 Å². The number of carboxylic acid groups (broad SMARTS) is 1. The molecule has 0 aromatic rings. The largest absolute Gasteiger partial charge is 0.480 e. The molecule has 4 N–H and O–H groups in total. The number of halogens is 1. The van der Waals surface area contributed by atoms with Crippen molar-refractivity contribution in [2.45, 2.75) is 18.9 Å². The fourth-order valence-corrected chi connectivity index (χ4v) is 0.815. The Labute approximate surface area is 81.2 Å². The Morgan fingerprint density at radius 1 is 1.54 bits per heavy atom. The topological polar surface area (TPSA) is 92.4 Å². The number of nitrogens with two attached hydrogens (primary N) is 1. The van der Waals surface area contributed by atoms with E-state index in [9.17, 15) is 9.59 Å². The molecule has 5 nitrogen and oxygen atoms in total. The third-order valence-electron chi connectivity index (χ3n) is 1.45. The van der Waals surface area contributed by atoms with Crippen LogP contribution in [0.15, 0.2) is 0 Å². The molecule has 0 saturated carbocycles. The van der Waals surface area contributed by atoms with Crippen LogP contribution in [0.5, 0.6) is 0 Å². The molecule has 6 heteroatoms. The number of carbonyl (C=O) groups excluding carboxylic acids is 1. The van der Waals surface area contributed by atoms with E-state index in [2.05, 4.69) is 5.32 Å². The molecule has 0 fully saturated rings. The number of aliphatic carboxylic acids is 1.